The maximum atomic E-state index is 12.0. The van der Waals surface area contributed by atoms with Gasteiger partial charge in [-0.1, -0.05) is 26.7 Å². The van der Waals surface area contributed by atoms with Crippen LogP contribution in [0.2, 0.25) is 0 Å². The highest BCUT2D eigenvalue weighted by Crippen LogP contribution is 2.34. The van der Waals surface area contributed by atoms with Gasteiger partial charge in [-0.25, -0.2) is 0 Å². The fourth-order valence-electron chi connectivity index (χ4n) is 2.05. The largest absolute Gasteiger partial charge is 0.352 e. The van der Waals surface area contributed by atoms with Gasteiger partial charge in [-0.2, -0.15) is 5.26 Å². The summed E-state index contributed by atoms with van der Waals surface area (Å²) in [6.45, 7) is 5.83. The van der Waals surface area contributed by atoms with Crippen LogP contribution in [0, 0.1) is 22.7 Å². The van der Waals surface area contributed by atoms with E-state index in [1.807, 2.05) is 20.8 Å². The SMILES string of the molecule is CCC(C#N)(CC)C(=O)NC(C)CC1CC1. The summed E-state index contributed by atoms with van der Waals surface area (Å²) in [4.78, 5) is 12.0. The van der Waals surface area contributed by atoms with Crippen molar-refractivity contribution in [2.24, 2.45) is 11.3 Å². The molecule has 1 rings (SSSR count). The average molecular weight is 222 g/mol. The number of carbonyl (C=O) groups excluding carboxylic acids is 1. The number of hydrogen-bond donors (Lipinski definition) is 1. The number of nitrogens with zero attached hydrogens (tertiary/aromatic N) is 1. The van der Waals surface area contributed by atoms with Crippen molar-refractivity contribution in [2.75, 3.05) is 0 Å². The van der Waals surface area contributed by atoms with Crippen LogP contribution >= 0.6 is 0 Å². The molecule has 1 N–H and O–H groups in total. The summed E-state index contributed by atoms with van der Waals surface area (Å²) in [7, 11) is 0. The van der Waals surface area contributed by atoms with E-state index in [1.54, 1.807) is 0 Å². The van der Waals surface area contributed by atoms with E-state index in [9.17, 15) is 4.79 Å². The van der Waals surface area contributed by atoms with Crippen LogP contribution in [-0.4, -0.2) is 11.9 Å². The van der Waals surface area contributed by atoms with Crippen LogP contribution < -0.4 is 5.32 Å². The molecule has 0 heterocycles. The normalized spacial score (nSPS) is 17.6. The minimum Gasteiger partial charge on any atom is -0.352 e. The van der Waals surface area contributed by atoms with Crippen LogP contribution in [-0.2, 0) is 4.79 Å². The van der Waals surface area contributed by atoms with Crippen molar-refractivity contribution in [2.45, 2.75) is 58.9 Å². The topological polar surface area (TPSA) is 52.9 Å². The third-order valence-corrected chi connectivity index (χ3v) is 3.62. The van der Waals surface area contributed by atoms with Crippen LogP contribution in [0.15, 0.2) is 0 Å². The van der Waals surface area contributed by atoms with Gasteiger partial charge in [0.25, 0.3) is 0 Å². The van der Waals surface area contributed by atoms with Crippen LogP contribution in [0.5, 0.6) is 0 Å². The summed E-state index contributed by atoms with van der Waals surface area (Å²) in [5.41, 5.74) is -0.822. The third kappa shape index (κ3) is 2.98. The van der Waals surface area contributed by atoms with Gasteiger partial charge in [0.15, 0.2) is 0 Å². The molecule has 0 radical (unpaired) electrons. The Morgan fingerprint density at radius 1 is 1.50 bits per heavy atom. The van der Waals surface area contributed by atoms with E-state index < -0.39 is 5.41 Å². The molecule has 0 aromatic rings. The number of nitrogens with one attached hydrogen (secondary N) is 1. The molecule has 90 valence electrons. The van der Waals surface area contributed by atoms with Gasteiger partial charge in [-0.15, -0.1) is 0 Å². The first kappa shape index (κ1) is 13.0. The van der Waals surface area contributed by atoms with E-state index in [0.717, 1.165) is 12.3 Å². The lowest BCUT2D eigenvalue weighted by Gasteiger charge is -2.24. The molecule has 0 aliphatic heterocycles. The highest BCUT2D eigenvalue weighted by Gasteiger charge is 2.36. The van der Waals surface area contributed by atoms with Crippen LogP contribution in [0.3, 0.4) is 0 Å². The first-order chi connectivity index (χ1) is 7.57. The Balaban J connectivity index is 2.51. The van der Waals surface area contributed by atoms with Gasteiger partial charge < -0.3 is 5.32 Å². The van der Waals surface area contributed by atoms with Crippen molar-refractivity contribution in [3.8, 4) is 6.07 Å². The standard InChI is InChI=1S/C13H22N2O/c1-4-13(5-2,9-14)12(16)15-10(3)8-11-6-7-11/h10-11H,4-8H2,1-3H3,(H,15,16). The van der Waals surface area contributed by atoms with Crippen molar-refractivity contribution in [1.29, 1.82) is 5.26 Å². The lowest BCUT2D eigenvalue weighted by Crippen LogP contribution is -2.43. The van der Waals surface area contributed by atoms with E-state index >= 15 is 0 Å². The first-order valence-corrected chi connectivity index (χ1v) is 6.30. The fourth-order valence-corrected chi connectivity index (χ4v) is 2.05. The van der Waals surface area contributed by atoms with E-state index in [2.05, 4.69) is 11.4 Å². The second-order valence-electron chi connectivity index (χ2n) is 4.95. The number of hydrogen-bond acceptors (Lipinski definition) is 2. The molecular formula is C13H22N2O. The van der Waals surface area contributed by atoms with Crippen LogP contribution in [0.25, 0.3) is 0 Å². The van der Waals surface area contributed by atoms with Crippen molar-refractivity contribution in [3.05, 3.63) is 0 Å². The molecule has 0 spiro atoms. The van der Waals surface area contributed by atoms with Gasteiger partial charge in [-0.05, 0) is 32.1 Å². The Labute approximate surface area is 98.2 Å². The second kappa shape index (κ2) is 5.34. The summed E-state index contributed by atoms with van der Waals surface area (Å²) in [6.07, 6.45) is 4.82. The molecule has 0 saturated heterocycles. The lowest BCUT2D eigenvalue weighted by molar-refractivity contribution is -0.129. The highest BCUT2D eigenvalue weighted by molar-refractivity contribution is 5.85. The van der Waals surface area contributed by atoms with Crippen LogP contribution in [0.4, 0.5) is 0 Å². The number of nitriles is 1. The van der Waals surface area contributed by atoms with Crippen molar-refractivity contribution >= 4 is 5.91 Å². The summed E-state index contributed by atoms with van der Waals surface area (Å²) >= 11 is 0. The number of carbonyl (C=O) groups is 1. The summed E-state index contributed by atoms with van der Waals surface area (Å²) in [5.74, 6) is 0.711. The predicted molar refractivity (Wildman–Crippen MR) is 63.6 cm³/mol. The molecule has 1 fully saturated rings. The Morgan fingerprint density at radius 3 is 2.44 bits per heavy atom. The predicted octanol–water partition coefficient (Wildman–Crippen LogP) is 2.62. The van der Waals surface area contributed by atoms with E-state index in [-0.39, 0.29) is 11.9 Å². The molecule has 1 aliphatic rings. The molecule has 3 heteroatoms. The molecule has 1 amide bonds. The molecule has 3 nitrogen and oxygen atoms in total. The molecule has 1 saturated carbocycles. The molecule has 1 unspecified atom stereocenters. The van der Waals surface area contributed by atoms with Gasteiger partial charge >= 0.3 is 0 Å². The average Bonchev–Trinajstić information content (AvgIpc) is 3.05. The first-order valence-electron chi connectivity index (χ1n) is 6.30. The Hall–Kier alpha value is -1.04. The Bertz CT molecular complexity index is 285. The molecule has 1 atom stereocenters. The molecule has 1 aliphatic carbocycles. The van der Waals surface area contributed by atoms with Crippen LogP contribution in [0.1, 0.15) is 52.9 Å². The third-order valence-electron chi connectivity index (χ3n) is 3.62. The van der Waals surface area contributed by atoms with Gasteiger partial charge in [0.2, 0.25) is 5.91 Å². The monoisotopic (exact) mass is 222 g/mol. The van der Waals surface area contributed by atoms with E-state index in [4.69, 9.17) is 5.26 Å². The minimum atomic E-state index is -0.822. The van der Waals surface area contributed by atoms with E-state index in [0.29, 0.717) is 12.8 Å². The summed E-state index contributed by atoms with van der Waals surface area (Å²) in [5, 5.41) is 12.1. The Kier molecular flexibility index (Phi) is 4.35. The Morgan fingerprint density at radius 2 is 2.06 bits per heavy atom. The van der Waals surface area contributed by atoms with Gasteiger partial charge in [0.05, 0.1) is 6.07 Å². The van der Waals surface area contributed by atoms with Gasteiger partial charge in [-0.3, -0.25) is 4.79 Å². The van der Waals surface area contributed by atoms with Crippen molar-refractivity contribution < 1.29 is 4.79 Å². The quantitative estimate of drug-likeness (QED) is 0.751. The van der Waals surface area contributed by atoms with Gasteiger partial charge in [0, 0.05) is 6.04 Å². The zero-order valence-corrected chi connectivity index (χ0v) is 10.5. The van der Waals surface area contributed by atoms with Crippen molar-refractivity contribution in [3.63, 3.8) is 0 Å². The molecule has 0 aromatic carbocycles. The maximum absolute atomic E-state index is 12.0. The summed E-state index contributed by atoms with van der Waals surface area (Å²) in [6, 6.07) is 2.38. The smallest absolute Gasteiger partial charge is 0.240 e. The molecular weight excluding hydrogens is 200 g/mol. The lowest BCUT2D eigenvalue weighted by atomic mass is 9.83. The zero-order valence-electron chi connectivity index (χ0n) is 10.5. The van der Waals surface area contributed by atoms with E-state index in [1.165, 1.54) is 12.8 Å². The summed E-state index contributed by atoms with van der Waals surface area (Å²) < 4.78 is 0. The van der Waals surface area contributed by atoms with Crippen molar-refractivity contribution in [1.82, 2.24) is 5.32 Å². The molecule has 0 bridgehead atoms. The fraction of sp³-hybridized carbons (Fsp3) is 0.846. The molecule has 16 heavy (non-hydrogen) atoms. The second-order valence-corrected chi connectivity index (χ2v) is 4.95. The maximum Gasteiger partial charge on any atom is 0.240 e. The number of amides is 1. The zero-order chi connectivity index (χ0) is 12.2. The van der Waals surface area contributed by atoms with Gasteiger partial charge in [0.1, 0.15) is 5.41 Å². The number of rotatable bonds is 6. The highest BCUT2D eigenvalue weighted by atomic mass is 16.2. The minimum absolute atomic E-state index is 0.0897. The molecule has 0 aromatic heterocycles.